The Morgan fingerprint density at radius 2 is 1.92 bits per heavy atom. The third-order valence-corrected chi connectivity index (χ3v) is 4.06. The second-order valence-electron chi connectivity index (χ2n) is 6.13. The first-order valence-corrected chi connectivity index (χ1v) is 8.01. The topological polar surface area (TPSA) is 87.8 Å². The van der Waals surface area contributed by atoms with Crippen LogP contribution < -0.4 is 10.2 Å². The van der Waals surface area contributed by atoms with Gasteiger partial charge in [0, 0.05) is 38.8 Å². The lowest BCUT2D eigenvalue weighted by Gasteiger charge is -2.42. The van der Waals surface area contributed by atoms with Crippen molar-refractivity contribution in [1.82, 2.24) is 10.3 Å². The number of fused-ring (bicyclic) bond motifs is 3. The number of benzene rings is 1. The largest absolute Gasteiger partial charge is 0.490 e. The number of halogens is 3. The average Bonchev–Trinajstić information content (AvgIpc) is 2.93. The molecule has 0 spiro atoms. The van der Waals surface area contributed by atoms with E-state index in [1.807, 2.05) is 13.0 Å². The molecule has 0 amide bonds. The van der Waals surface area contributed by atoms with E-state index >= 15 is 0 Å². The minimum Gasteiger partial charge on any atom is -0.475 e. The van der Waals surface area contributed by atoms with E-state index in [9.17, 15) is 13.2 Å². The quantitative estimate of drug-likeness (QED) is 0.790. The molecule has 3 heterocycles. The summed E-state index contributed by atoms with van der Waals surface area (Å²) in [5.41, 5.74) is 3.00. The molecule has 1 aromatic carbocycles. The van der Waals surface area contributed by atoms with Crippen molar-refractivity contribution in [3.05, 3.63) is 24.1 Å². The van der Waals surface area contributed by atoms with E-state index in [1.54, 1.807) is 0 Å². The van der Waals surface area contributed by atoms with Crippen molar-refractivity contribution in [2.24, 2.45) is 0 Å². The lowest BCUT2D eigenvalue weighted by atomic mass is 10.1. The average molecular weight is 373 g/mol. The van der Waals surface area contributed by atoms with Gasteiger partial charge in [0.15, 0.2) is 11.5 Å². The van der Waals surface area contributed by atoms with Gasteiger partial charge in [0.1, 0.15) is 5.52 Å². The van der Waals surface area contributed by atoms with Crippen molar-refractivity contribution >= 4 is 22.8 Å². The molecule has 2 bridgehead atoms. The first-order valence-electron chi connectivity index (χ1n) is 8.01. The van der Waals surface area contributed by atoms with Crippen LogP contribution in [-0.2, 0) is 9.53 Å². The Morgan fingerprint density at radius 3 is 2.50 bits per heavy atom. The summed E-state index contributed by atoms with van der Waals surface area (Å²) in [6.45, 7) is 5.64. The van der Waals surface area contributed by atoms with Crippen LogP contribution in [0.1, 0.15) is 5.89 Å². The van der Waals surface area contributed by atoms with Gasteiger partial charge in [-0.2, -0.15) is 13.2 Å². The maximum atomic E-state index is 10.6. The number of anilines is 1. The predicted octanol–water partition coefficient (Wildman–Crippen LogP) is 1.95. The maximum Gasteiger partial charge on any atom is 0.490 e. The standard InChI is InChI=1S/C14H17N3O2.C2HF3O2/c1-9-16-13-4-10(2-3-14(13)18-9)17-7-11-5-15-6-12(8-17)19-11;3-2(4,5)1(6)7/h2-4,11-12,15H,5-8H2,1H3;(H,6,7). The summed E-state index contributed by atoms with van der Waals surface area (Å²) in [6.07, 6.45) is -4.50. The minimum atomic E-state index is -5.08. The van der Waals surface area contributed by atoms with Crippen LogP contribution in [0.25, 0.3) is 11.1 Å². The Hall–Kier alpha value is -2.33. The van der Waals surface area contributed by atoms with Gasteiger partial charge in [-0.25, -0.2) is 9.78 Å². The summed E-state index contributed by atoms with van der Waals surface area (Å²) in [4.78, 5) is 15.7. The number of nitrogens with one attached hydrogen (secondary N) is 1. The van der Waals surface area contributed by atoms with Crippen LogP contribution in [0.15, 0.2) is 22.6 Å². The zero-order valence-corrected chi connectivity index (χ0v) is 13.9. The fraction of sp³-hybridized carbons (Fsp3) is 0.500. The van der Waals surface area contributed by atoms with Crippen molar-refractivity contribution in [2.45, 2.75) is 25.3 Å². The highest BCUT2D eigenvalue weighted by molar-refractivity contribution is 5.77. The van der Waals surface area contributed by atoms with Crippen LogP contribution in [0, 0.1) is 6.92 Å². The number of alkyl halides is 3. The van der Waals surface area contributed by atoms with Crippen molar-refractivity contribution in [2.75, 3.05) is 31.1 Å². The molecular formula is C16H18F3N3O4. The lowest BCUT2D eigenvalue weighted by molar-refractivity contribution is -0.192. The summed E-state index contributed by atoms with van der Waals surface area (Å²) < 4.78 is 43.2. The van der Waals surface area contributed by atoms with Gasteiger partial charge in [0.25, 0.3) is 0 Å². The number of aliphatic carboxylic acids is 1. The van der Waals surface area contributed by atoms with E-state index in [0.29, 0.717) is 12.2 Å². The van der Waals surface area contributed by atoms with Gasteiger partial charge in [0.05, 0.1) is 12.2 Å². The van der Waals surface area contributed by atoms with Crippen LogP contribution in [0.4, 0.5) is 18.9 Å². The fourth-order valence-electron chi connectivity index (χ4n) is 2.99. The SMILES string of the molecule is Cc1nc2cc(N3CC4CNCC(C3)O4)ccc2o1.O=C(O)C(F)(F)F. The van der Waals surface area contributed by atoms with Crippen LogP contribution in [0.2, 0.25) is 0 Å². The lowest BCUT2D eigenvalue weighted by Crippen LogP contribution is -2.58. The van der Waals surface area contributed by atoms with Crippen LogP contribution >= 0.6 is 0 Å². The molecule has 2 fully saturated rings. The second kappa shape index (κ2) is 7.12. The fourth-order valence-corrected chi connectivity index (χ4v) is 2.99. The smallest absolute Gasteiger partial charge is 0.475 e. The molecular weight excluding hydrogens is 355 g/mol. The Balaban J connectivity index is 0.000000242. The molecule has 2 N–H and O–H groups in total. The summed E-state index contributed by atoms with van der Waals surface area (Å²) in [6, 6.07) is 6.23. The number of carboxylic acids is 1. The highest BCUT2D eigenvalue weighted by atomic mass is 19.4. The summed E-state index contributed by atoms with van der Waals surface area (Å²) >= 11 is 0. The molecule has 4 rings (SSSR count). The molecule has 2 aromatic rings. The van der Waals surface area contributed by atoms with E-state index < -0.39 is 12.1 Å². The number of morpholine rings is 2. The number of oxazole rings is 1. The van der Waals surface area contributed by atoms with Gasteiger partial charge in [0.2, 0.25) is 0 Å². The molecule has 2 unspecified atom stereocenters. The van der Waals surface area contributed by atoms with E-state index in [-0.39, 0.29) is 0 Å². The number of hydrogen-bond acceptors (Lipinski definition) is 6. The Bertz CT molecular complexity index is 781. The van der Waals surface area contributed by atoms with Gasteiger partial charge >= 0.3 is 12.1 Å². The number of carboxylic acid groups (broad SMARTS) is 1. The molecule has 0 saturated carbocycles. The number of carbonyl (C=O) groups is 1. The summed E-state index contributed by atoms with van der Waals surface area (Å²) in [5, 5.41) is 10.5. The second-order valence-corrected chi connectivity index (χ2v) is 6.13. The number of rotatable bonds is 1. The summed E-state index contributed by atoms with van der Waals surface area (Å²) in [5.74, 6) is -2.04. The molecule has 142 valence electrons. The molecule has 2 aliphatic rings. The van der Waals surface area contributed by atoms with Gasteiger partial charge in [-0.15, -0.1) is 0 Å². The third kappa shape index (κ3) is 4.25. The molecule has 2 atom stereocenters. The highest BCUT2D eigenvalue weighted by Crippen LogP contribution is 2.26. The zero-order valence-electron chi connectivity index (χ0n) is 13.9. The van der Waals surface area contributed by atoms with E-state index in [0.717, 1.165) is 43.2 Å². The van der Waals surface area contributed by atoms with E-state index in [4.69, 9.17) is 19.1 Å². The number of aryl methyl sites for hydroxylation is 1. The minimum absolute atomic E-state index is 0.294. The Morgan fingerprint density at radius 1 is 1.31 bits per heavy atom. The zero-order chi connectivity index (χ0) is 18.9. The number of ether oxygens (including phenoxy) is 1. The Labute approximate surface area is 146 Å². The molecule has 0 radical (unpaired) electrons. The molecule has 0 aliphatic carbocycles. The number of nitrogens with zero attached hydrogens (tertiary/aromatic N) is 2. The number of aromatic nitrogens is 1. The molecule has 1 aromatic heterocycles. The maximum absolute atomic E-state index is 10.6. The number of hydrogen-bond donors (Lipinski definition) is 2. The van der Waals surface area contributed by atoms with Crippen LogP contribution in [0.5, 0.6) is 0 Å². The van der Waals surface area contributed by atoms with Crippen molar-refractivity contribution < 1.29 is 32.2 Å². The molecule has 2 saturated heterocycles. The third-order valence-electron chi connectivity index (χ3n) is 4.06. The van der Waals surface area contributed by atoms with E-state index in [2.05, 4.69) is 27.3 Å². The first kappa shape index (κ1) is 18.5. The molecule has 26 heavy (non-hydrogen) atoms. The molecule has 2 aliphatic heterocycles. The van der Waals surface area contributed by atoms with Crippen LogP contribution in [0.3, 0.4) is 0 Å². The normalized spacial score (nSPS) is 22.7. The first-order chi connectivity index (χ1) is 12.2. The molecule has 7 nitrogen and oxygen atoms in total. The van der Waals surface area contributed by atoms with Gasteiger partial charge in [-0.3, -0.25) is 0 Å². The van der Waals surface area contributed by atoms with Crippen molar-refractivity contribution in [1.29, 1.82) is 0 Å². The van der Waals surface area contributed by atoms with Gasteiger partial charge in [-0.1, -0.05) is 0 Å². The molecule has 10 heteroatoms. The summed E-state index contributed by atoms with van der Waals surface area (Å²) in [7, 11) is 0. The van der Waals surface area contributed by atoms with Gasteiger partial charge in [-0.05, 0) is 18.2 Å². The predicted molar refractivity (Wildman–Crippen MR) is 86.2 cm³/mol. The van der Waals surface area contributed by atoms with Crippen molar-refractivity contribution in [3.63, 3.8) is 0 Å². The monoisotopic (exact) mass is 373 g/mol. The highest BCUT2D eigenvalue weighted by Gasteiger charge is 2.38. The van der Waals surface area contributed by atoms with Gasteiger partial charge < -0.3 is 24.5 Å². The van der Waals surface area contributed by atoms with Crippen molar-refractivity contribution in [3.8, 4) is 0 Å². The van der Waals surface area contributed by atoms with E-state index in [1.165, 1.54) is 5.69 Å². The van der Waals surface area contributed by atoms with Crippen LogP contribution in [-0.4, -0.2) is 60.6 Å². The Kier molecular flexibility index (Phi) is 5.05.